The van der Waals surface area contributed by atoms with E-state index in [2.05, 4.69) is 17.0 Å². The van der Waals surface area contributed by atoms with Crippen LogP contribution in [0.15, 0.2) is 23.1 Å². The van der Waals surface area contributed by atoms with E-state index in [1.54, 1.807) is 12.1 Å². The van der Waals surface area contributed by atoms with Crippen molar-refractivity contribution < 1.29 is 8.42 Å². The molecular weight excluding hydrogens is 272 g/mol. The second-order valence-electron chi connectivity index (χ2n) is 5.46. The predicted octanol–water partition coefficient (Wildman–Crippen LogP) is 2.43. The van der Waals surface area contributed by atoms with Crippen molar-refractivity contribution in [3.8, 4) is 0 Å². The average molecular weight is 298 g/mol. The van der Waals surface area contributed by atoms with Gasteiger partial charge in [0.05, 0.1) is 4.90 Å². The molecule has 114 valence electrons. The smallest absolute Gasteiger partial charge is 0.240 e. The number of sulfonamides is 1. The standard InChI is InChI=1S/C15H26N2O2S/c1-5-9-16-11-14-7-6-8-15(13(14)4)20(18,19)17-10-12(2)3/h6-8,12,16-17H,5,9-11H2,1-4H3. The third kappa shape index (κ3) is 4.89. The highest BCUT2D eigenvalue weighted by Crippen LogP contribution is 2.19. The monoisotopic (exact) mass is 298 g/mol. The molecule has 0 fully saturated rings. The van der Waals surface area contributed by atoms with E-state index in [1.807, 2.05) is 26.8 Å². The van der Waals surface area contributed by atoms with Crippen molar-refractivity contribution in [2.24, 2.45) is 5.92 Å². The SMILES string of the molecule is CCCNCc1cccc(S(=O)(=O)NCC(C)C)c1C. The van der Waals surface area contributed by atoms with E-state index in [1.165, 1.54) is 0 Å². The van der Waals surface area contributed by atoms with Gasteiger partial charge in [-0.25, -0.2) is 13.1 Å². The molecule has 1 rings (SSSR count). The number of hydrogen-bond donors (Lipinski definition) is 2. The van der Waals surface area contributed by atoms with E-state index in [0.29, 0.717) is 23.9 Å². The molecule has 0 heterocycles. The Morgan fingerprint density at radius 2 is 1.95 bits per heavy atom. The van der Waals surface area contributed by atoms with Gasteiger partial charge in [-0.05, 0) is 43.0 Å². The quantitative estimate of drug-likeness (QED) is 0.725. The molecule has 1 aromatic rings. The molecular formula is C15H26N2O2S. The molecule has 5 heteroatoms. The molecule has 0 aliphatic rings. The van der Waals surface area contributed by atoms with Crippen molar-refractivity contribution in [1.82, 2.24) is 10.0 Å². The van der Waals surface area contributed by atoms with Crippen LogP contribution in [0.5, 0.6) is 0 Å². The van der Waals surface area contributed by atoms with Crippen molar-refractivity contribution in [1.29, 1.82) is 0 Å². The molecule has 0 spiro atoms. The Bertz CT molecular complexity index is 525. The predicted molar refractivity (Wildman–Crippen MR) is 83.2 cm³/mol. The van der Waals surface area contributed by atoms with Gasteiger partial charge in [-0.2, -0.15) is 0 Å². The summed E-state index contributed by atoms with van der Waals surface area (Å²) in [4.78, 5) is 0.383. The van der Waals surface area contributed by atoms with Crippen LogP contribution in [0.2, 0.25) is 0 Å². The fraction of sp³-hybridized carbons (Fsp3) is 0.600. The summed E-state index contributed by atoms with van der Waals surface area (Å²) in [5.74, 6) is 0.291. The third-order valence-electron chi connectivity index (χ3n) is 3.11. The minimum absolute atomic E-state index is 0.291. The summed E-state index contributed by atoms with van der Waals surface area (Å²) in [7, 11) is -3.42. The molecule has 0 aliphatic carbocycles. The summed E-state index contributed by atoms with van der Waals surface area (Å²) in [6, 6.07) is 5.45. The zero-order chi connectivity index (χ0) is 15.2. The number of nitrogens with one attached hydrogen (secondary N) is 2. The lowest BCUT2D eigenvalue weighted by Crippen LogP contribution is -2.28. The van der Waals surface area contributed by atoms with Crippen LogP contribution in [0.3, 0.4) is 0 Å². The molecule has 0 radical (unpaired) electrons. The van der Waals surface area contributed by atoms with E-state index < -0.39 is 10.0 Å². The van der Waals surface area contributed by atoms with Crippen molar-refractivity contribution in [2.75, 3.05) is 13.1 Å². The Morgan fingerprint density at radius 1 is 1.25 bits per heavy atom. The van der Waals surface area contributed by atoms with Gasteiger partial charge in [-0.3, -0.25) is 0 Å². The normalized spacial score (nSPS) is 12.1. The Kier molecular flexibility index (Phi) is 6.65. The van der Waals surface area contributed by atoms with Crippen LogP contribution < -0.4 is 10.0 Å². The molecule has 4 nitrogen and oxygen atoms in total. The summed E-state index contributed by atoms with van der Waals surface area (Å²) in [5.41, 5.74) is 1.86. The lowest BCUT2D eigenvalue weighted by Gasteiger charge is -2.14. The number of rotatable bonds is 8. The summed E-state index contributed by atoms with van der Waals surface area (Å²) in [5, 5.41) is 3.31. The van der Waals surface area contributed by atoms with E-state index >= 15 is 0 Å². The van der Waals surface area contributed by atoms with Gasteiger partial charge in [-0.15, -0.1) is 0 Å². The highest BCUT2D eigenvalue weighted by molar-refractivity contribution is 7.89. The van der Waals surface area contributed by atoms with Gasteiger partial charge in [0.25, 0.3) is 0 Å². The summed E-state index contributed by atoms with van der Waals surface area (Å²) >= 11 is 0. The maximum absolute atomic E-state index is 12.3. The van der Waals surface area contributed by atoms with Gasteiger partial charge in [-0.1, -0.05) is 32.9 Å². The second-order valence-corrected chi connectivity index (χ2v) is 7.20. The number of benzene rings is 1. The van der Waals surface area contributed by atoms with Gasteiger partial charge in [0.2, 0.25) is 10.0 Å². The van der Waals surface area contributed by atoms with Crippen LogP contribution in [0.25, 0.3) is 0 Å². The molecule has 0 amide bonds. The van der Waals surface area contributed by atoms with Gasteiger partial charge in [0.1, 0.15) is 0 Å². The van der Waals surface area contributed by atoms with Crippen LogP contribution in [-0.2, 0) is 16.6 Å². The molecule has 0 aliphatic heterocycles. The molecule has 0 aromatic heterocycles. The van der Waals surface area contributed by atoms with Crippen LogP contribution in [0.4, 0.5) is 0 Å². The average Bonchev–Trinajstić information content (AvgIpc) is 2.38. The van der Waals surface area contributed by atoms with Crippen LogP contribution >= 0.6 is 0 Å². The van der Waals surface area contributed by atoms with Crippen LogP contribution in [0, 0.1) is 12.8 Å². The maximum Gasteiger partial charge on any atom is 0.240 e. The van der Waals surface area contributed by atoms with Gasteiger partial charge in [0.15, 0.2) is 0 Å². The first-order valence-corrected chi connectivity index (χ1v) is 8.65. The first-order chi connectivity index (χ1) is 9.38. The van der Waals surface area contributed by atoms with Crippen molar-refractivity contribution in [2.45, 2.75) is 45.6 Å². The van der Waals surface area contributed by atoms with Crippen molar-refractivity contribution >= 4 is 10.0 Å². The fourth-order valence-corrected chi connectivity index (χ4v) is 3.40. The first kappa shape index (κ1) is 17.1. The topological polar surface area (TPSA) is 58.2 Å². The summed E-state index contributed by atoms with van der Waals surface area (Å²) in [6.45, 7) is 10.0. The van der Waals surface area contributed by atoms with Crippen LogP contribution in [-0.4, -0.2) is 21.5 Å². The highest BCUT2D eigenvalue weighted by Gasteiger charge is 2.18. The Morgan fingerprint density at radius 3 is 2.55 bits per heavy atom. The Hall–Kier alpha value is -0.910. The van der Waals surface area contributed by atoms with Crippen molar-refractivity contribution in [3.05, 3.63) is 29.3 Å². The van der Waals surface area contributed by atoms with E-state index in [4.69, 9.17) is 0 Å². The summed E-state index contributed by atoms with van der Waals surface area (Å²) < 4.78 is 27.3. The summed E-state index contributed by atoms with van der Waals surface area (Å²) in [6.07, 6.45) is 1.06. The molecule has 0 saturated heterocycles. The minimum atomic E-state index is -3.42. The minimum Gasteiger partial charge on any atom is -0.313 e. The van der Waals surface area contributed by atoms with E-state index in [0.717, 1.165) is 24.1 Å². The molecule has 0 unspecified atom stereocenters. The maximum atomic E-state index is 12.3. The lowest BCUT2D eigenvalue weighted by molar-refractivity contribution is 0.559. The lowest BCUT2D eigenvalue weighted by atomic mass is 10.1. The number of hydrogen-bond acceptors (Lipinski definition) is 3. The van der Waals surface area contributed by atoms with Gasteiger partial charge >= 0.3 is 0 Å². The molecule has 0 bridgehead atoms. The molecule has 1 aromatic carbocycles. The van der Waals surface area contributed by atoms with E-state index in [9.17, 15) is 8.42 Å². The van der Waals surface area contributed by atoms with E-state index in [-0.39, 0.29) is 0 Å². The second kappa shape index (κ2) is 7.76. The highest BCUT2D eigenvalue weighted by atomic mass is 32.2. The first-order valence-electron chi connectivity index (χ1n) is 7.17. The van der Waals surface area contributed by atoms with Crippen molar-refractivity contribution in [3.63, 3.8) is 0 Å². The Balaban J connectivity index is 2.92. The zero-order valence-corrected chi connectivity index (χ0v) is 13.7. The molecule has 0 atom stereocenters. The molecule has 20 heavy (non-hydrogen) atoms. The Labute approximate surface area is 123 Å². The van der Waals surface area contributed by atoms with Crippen LogP contribution in [0.1, 0.15) is 38.3 Å². The fourth-order valence-electron chi connectivity index (χ4n) is 1.90. The molecule has 0 saturated carbocycles. The zero-order valence-electron chi connectivity index (χ0n) is 12.9. The largest absolute Gasteiger partial charge is 0.313 e. The third-order valence-corrected chi connectivity index (χ3v) is 4.68. The van der Waals surface area contributed by atoms with Gasteiger partial charge in [0, 0.05) is 13.1 Å². The van der Waals surface area contributed by atoms with Gasteiger partial charge < -0.3 is 5.32 Å². The molecule has 2 N–H and O–H groups in total.